The molecule has 132 valence electrons. The summed E-state index contributed by atoms with van der Waals surface area (Å²) in [6, 6.07) is 3.40. The third kappa shape index (κ3) is 3.35. The lowest BCUT2D eigenvalue weighted by molar-refractivity contribution is 0.0647. The number of fused-ring (bicyclic) bond motifs is 1. The van der Waals surface area contributed by atoms with Crippen molar-refractivity contribution in [3.8, 4) is 0 Å². The third-order valence-electron chi connectivity index (χ3n) is 5.09. The number of likely N-dealkylation sites (tertiary alicyclic amines) is 1. The number of aryl methyl sites for hydroxylation is 1. The lowest BCUT2D eigenvalue weighted by Gasteiger charge is -2.32. The molecule has 1 saturated heterocycles. The van der Waals surface area contributed by atoms with Gasteiger partial charge >= 0.3 is 0 Å². The predicted molar refractivity (Wildman–Crippen MR) is 96.1 cm³/mol. The summed E-state index contributed by atoms with van der Waals surface area (Å²) in [6.45, 7) is 1.25. The molecule has 4 rings (SSSR count). The van der Waals surface area contributed by atoms with Crippen LogP contribution in [0.4, 0.5) is 0 Å². The Bertz CT molecular complexity index is 766. The van der Waals surface area contributed by atoms with E-state index in [1.807, 2.05) is 0 Å². The van der Waals surface area contributed by atoms with Gasteiger partial charge < -0.3 is 14.6 Å². The van der Waals surface area contributed by atoms with E-state index >= 15 is 0 Å². The van der Waals surface area contributed by atoms with Crippen molar-refractivity contribution in [3.63, 3.8) is 0 Å². The van der Waals surface area contributed by atoms with Crippen molar-refractivity contribution in [3.05, 3.63) is 45.5 Å². The number of hydrogen-bond donors (Lipinski definition) is 1. The summed E-state index contributed by atoms with van der Waals surface area (Å²) in [6.07, 6.45) is 7.79. The van der Waals surface area contributed by atoms with Gasteiger partial charge in [-0.05, 0) is 67.2 Å². The maximum absolute atomic E-state index is 12.7. The average molecular weight is 358 g/mol. The number of thiophene rings is 1. The van der Waals surface area contributed by atoms with E-state index in [-0.39, 0.29) is 17.9 Å². The Morgan fingerprint density at radius 1 is 1.24 bits per heavy atom. The van der Waals surface area contributed by atoms with Crippen molar-refractivity contribution >= 4 is 23.2 Å². The first-order valence-electron chi connectivity index (χ1n) is 8.95. The summed E-state index contributed by atoms with van der Waals surface area (Å²) < 4.78 is 5.21. The minimum Gasteiger partial charge on any atom is -0.459 e. The van der Waals surface area contributed by atoms with Gasteiger partial charge in [-0.15, -0.1) is 11.3 Å². The molecule has 2 aliphatic rings. The summed E-state index contributed by atoms with van der Waals surface area (Å²) in [5, 5.41) is 5.28. The van der Waals surface area contributed by atoms with E-state index in [9.17, 15) is 9.59 Å². The van der Waals surface area contributed by atoms with Crippen LogP contribution in [0, 0.1) is 0 Å². The van der Waals surface area contributed by atoms with Crippen LogP contribution in [0.1, 0.15) is 57.0 Å². The quantitative estimate of drug-likeness (QED) is 0.916. The molecular weight excluding hydrogens is 336 g/mol. The van der Waals surface area contributed by atoms with E-state index in [2.05, 4.69) is 10.7 Å². The van der Waals surface area contributed by atoms with E-state index in [4.69, 9.17) is 4.42 Å². The summed E-state index contributed by atoms with van der Waals surface area (Å²) in [5.74, 6) is 0.280. The standard InChI is InChI=1S/C19H22N2O3S/c22-18(17-15-7-2-1-5-13(15)12-25-17)20-14-6-3-9-21(11-14)19(23)16-8-4-10-24-16/h4,8,10,12,14H,1-3,5-7,9,11H2,(H,20,22). The fourth-order valence-electron chi connectivity index (χ4n) is 3.80. The molecule has 1 aliphatic heterocycles. The number of nitrogens with one attached hydrogen (secondary N) is 1. The van der Waals surface area contributed by atoms with Crippen LogP contribution in [0.5, 0.6) is 0 Å². The molecule has 5 nitrogen and oxygen atoms in total. The Kier molecular flexibility index (Phi) is 4.61. The lowest BCUT2D eigenvalue weighted by atomic mass is 9.93. The molecular formula is C19H22N2O3S. The molecule has 1 aliphatic carbocycles. The zero-order chi connectivity index (χ0) is 17.2. The molecule has 1 unspecified atom stereocenters. The highest BCUT2D eigenvalue weighted by Crippen LogP contribution is 2.30. The Labute approximate surface area is 151 Å². The number of carbonyl (C=O) groups is 2. The molecule has 0 saturated carbocycles. The molecule has 1 N–H and O–H groups in total. The number of carbonyl (C=O) groups excluding carboxylic acids is 2. The minimum atomic E-state index is -0.0996. The largest absolute Gasteiger partial charge is 0.459 e. The molecule has 2 aromatic heterocycles. The molecule has 0 radical (unpaired) electrons. The first-order chi connectivity index (χ1) is 12.2. The summed E-state index contributed by atoms with van der Waals surface area (Å²) in [4.78, 5) is 27.8. The second kappa shape index (κ2) is 7.04. The fourth-order valence-corrected chi connectivity index (χ4v) is 4.86. The van der Waals surface area contributed by atoms with Gasteiger partial charge in [-0.25, -0.2) is 0 Å². The van der Waals surface area contributed by atoms with Gasteiger partial charge in [-0.2, -0.15) is 0 Å². The van der Waals surface area contributed by atoms with Crippen molar-refractivity contribution in [2.75, 3.05) is 13.1 Å². The molecule has 25 heavy (non-hydrogen) atoms. The highest BCUT2D eigenvalue weighted by atomic mass is 32.1. The lowest BCUT2D eigenvalue weighted by Crippen LogP contribution is -2.49. The molecule has 2 aromatic rings. The van der Waals surface area contributed by atoms with Gasteiger partial charge in [0.05, 0.1) is 11.1 Å². The molecule has 3 heterocycles. The Morgan fingerprint density at radius 3 is 2.96 bits per heavy atom. The Morgan fingerprint density at radius 2 is 2.12 bits per heavy atom. The van der Waals surface area contributed by atoms with Crippen molar-refractivity contribution in [1.29, 1.82) is 0 Å². The summed E-state index contributed by atoms with van der Waals surface area (Å²) in [5.41, 5.74) is 2.59. The molecule has 2 amide bonds. The highest BCUT2D eigenvalue weighted by molar-refractivity contribution is 7.12. The van der Waals surface area contributed by atoms with Crippen LogP contribution in [-0.4, -0.2) is 35.8 Å². The van der Waals surface area contributed by atoms with Crippen LogP contribution >= 0.6 is 11.3 Å². The number of furan rings is 1. The second-order valence-corrected chi connectivity index (χ2v) is 7.70. The zero-order valence-electron chi connectivity index (χ0n) is 14.1. The van der Waals surface area contributed by atoms with Gasteiger partial charge in [0.25, 0.3) is 11.8 Å². The van der Waals surface area contributed by atoms with E-state index in [0.29, 0.717) is 18.8 Å². The minimum absolute atomic E-state index is 0.00139. The first kappa shape index (κ1) is 16.4. The molecule has 0 spiro atoms. The molecule has 1 fully saturated rings. The van der Waals surface area contributed by atoms with Crippen LogP contribution in [0.25, 0.3) is 0 Å². The Hall–Kier alpha value is -2.08. The van der Waals surface area contributed by atoms with E-state index in [1.165, 1.54) is 30.2 Å². The normalized spacial score (nSPS) is 20.2. The first-order valence-corrected chi connectivity index (χ1v) is 9.83. The van der Waals surface area contributed by atoms with E-state index in [0.717, 1.165) is 30.6 Å². The average Bonchev–Trinajstić information content (AvgIpc) is 3.31. The Balaban J connectivity index is 1.41. The van der Waals surface area contributed by atoms with Crippen molar-refractivity contribution in [2.45, 2.75) is 44.6 Å². The maximum Gasteiger partial charge on any atom is 0.289 e. The van der Waals surface area contributed by atoms with Crippen molar-refractivity contribution in [1.82, 2.24) is 10.2 Å². The van der Waals surface area contributed by atoms with Crippen LogP contribution < -0.4 is 5.32 Å². The van der Waals surface area contributed by atoms with Gasteiger partial charge in [-0.1, -0.05) is 0 Å². The van der Waals surface area contributed by atoms with Gasteiger partial charge in [0, 0.05) is 19.1 Å². The molecule has 0 bridgehead atoms. The third-order valence-corrected chi connectivity index (χ3v) is 6.16. The summed E-state index contributed by atoms with van der Waals surface area (Å²) >= 11 is 1.56. The smallest absolute Gasteiger partial charge is 0.289 e. The summed E-state index contributed by atoms with van der Waals surface area (Å²) in [7, 11) is 0. The van der Waals surface area contributed by atoms with Gasteiger partial charge in [0.1, 0.15) is 0 Å². The molecule has 1 atom stereocenters. The molecule has 0 aromatic carbocycles. The van der Waals surface area contributed by atoms with Crippen LogP contribution in [0.3, 0.4) is 0 Å². The number of piperidine rings is 1. The van der Waals surface area contributed by atoms with Crippen LogP contribution in [0.2, 0.25) is 0 Å². The van der Waals surface area contributed by atoms with Crippen LogP contribution in [0.15, 0.2) is 28.2 Å². The number of nitrogens with zero attached hydrogens (tertiary/aromatic N) is 1. The van der Waals surface area contributed by atoms with Gasteiger partial charge in [0.15, 0.2) is 5.76 Å². The topological polar surface area (TPSA) is 62.6 Å². The SMILES string of the molecule is O=C(NC1CCCN(C(=O)c2ccco2)C1)c1scc2c1CCCC2. The zero-order valence-corrected chi connectivity index (χ0v) is 14.9. The fraction of sp³-hybridized carbons (Fsp3) is 0.474. The van der Waals surface area contributed by atoms with Gasteiger partial charge in [0.2, 0.25) is 0 Å². The number of amides is 2. The maximum atomic E-state index is 12.7. The monoisotopic (exact) mass is 358 g/mol. The predicted octanol–water partition coefficient (Wildman–Crippen LogP) is 3.25. The molecule has 6 heteroatoms. The second-order valence-electron chi connectivity index (χ2n) is 6.82. The van der Waals surface area contributed by atoms with E-state index < -0.39 is 0 Å². The van der Waals surface area contributed by atoms with E-state index in [1.54, 1.807) is 28.4 Å². The number of rotatable bonds is 3. The highest BCUT2D eigenvalue weighted by Gasteiger charge is 2.28. The van der Waals surface area contributed by atoms with Crippen molar-refractivity contribution < 1.29 is 14.0 Å². The van der Waals surface area contributed by atoms with Crippen LogP contribution in [-0.2, 0) is 12.8 Å². The van der Waals surface area contributed by atoms with Crippen molar-refractivity contribution in [2.24, 2.45) is 0 Å². The number of hydrogen-bond acceptors (Lipinski definition) is 4. The van der Waals surface area contributed by atoms with Gasteiger partial charge in [-0.3, -0.25) is 9.59 Å².